The first-order valence-corrected chi connectivity index (χ1v) is 6.42. The van der Waals surface area contributed by atoms with Crippen molar-refractivity contribution in [2.45, 2.75) is 33.4 Å². The molecule has 0 aliphatic carbocycles. The maximum atomic E-state index is 5.63. The number of aryl methyl sites for hydroxylation is 1. The third-order valence-corrected chi connectivity index (χ3v) is 2.79. The minimum atomic E-state index is 0.393. The second-order valence-electron chi connectivity index (χ2n) is 4.91. The fourth-order valence-corrected chi connectivity index (χ4v) is 1.69. The van der Waals surface area contributed by atoms with Gasteiger partial charge in [0.1, 0.15) is 0 Å². The highest BCUT2D eigenvalue weighted by molar-refractivity contribution is 5.55. The van der Waals surface area contributed by atoms with Gasteiger partial charge in [0.05, 0.1) is 6.54 Å². The molecule has 19 heavy (non-hydrogen) atoms. The molecule has 0 amide bonds. The van der Waals surface area contributed by atoms with Gasteiger partial charge in [-0.05, 0) is 24.6 Å². The van der Waals surface area contributed by atoms with Crippen LogP contribution in [-0.4, -0.2) is 23.3 Å². The molecule has 0 unspecified atom stereocenters. The van der Waals surface area contributed by atoms with Crippen LogP contribution >= 0.6 is 0 Å². The van der Waals surface area contributed by atoms with Gasteiger partial charge in [0, 0.05) is 18.8 Å². The molecule has 5 nitrogen and oxygen atoms in total. The van der Waals surface area contributed by atoms with Gasteiger partial charge in [-0.25, -0.2) is 0 Å². The summed E-state index contributed by atoms with van der Waals surface area (Å²) in [4.78, 5) is 1.89. The number of hydrogen-bond acceptors (Lipinski definition) is 5. The Labute approximate surface area is 113 Å². The molecule has 102 valence electrons. The summed E-state index contributed by atoms with van der Waals surface area (Å²) >= 11 is 0. The smallest absolute Gasteiger partial charge is 0.322 e. The molecule has 0 saturated heterocycles. The van der Waals surface area contributed by atoms with E-state index in [-0.39, 0.29) is 0 Å². The fourth-order valence-electron chi connectivity index (χ4n) is 1.69. The largest absolute Gasteiger partial charge is 0.406 e. The first-order chi connectivity index (χ1) is 9.06. The van der Waals surface area contributed by atoms with Gasteiger partial charge in [0.25, 0.3) is 0 Å². The van der Waals surface area contributed by atoms with Crippen LogP contribution in [0.3, 0.4) is 0 Å². The highest BCUT2D eigenvalue weighted by atomic mass is 16.4. The molecular weight excluding hydrogens is 240 g/mol. The Hall–Kier alpha value is -1.88. The summed E-state index contributed by atoms with van der Waals surface area (Å²) in [6.45, 7) is 6.81. The van der Waals surface area contributed by atoms with Crippen LogP contribution in [0.2, 0.25) is 0 Å². The summed E-state index contributed by atoms with van der Waals surface area (Å²) in [5, 5.41) is 11.4. The first kappa shape index (κ1) is 13.5. The normalized spacial score (nSPS) is 11.0. The van der Waals surface area contributed by atoms with Crippen LogP contribution in [0.1, 0.15) is 25.3 Å². The maximum absolute atomic E-state index is 5.63. The zero-order valence-electron chi connectivity index (χ0n) is 11.8. The molecule has 0 atom stereocenters. The number of hydrogen-bond donors (Lipinski definition) is 1. The van der Waals surface area contributed by atoms with Gasteiger partial charge in [-0.2, -0.15) is 0 Å². The molecule has 0 aliphatic heterocycles. The van der Waals surface area contributed by atoms with Gasteiger partial charge in [-0.15, -0.1) is 5.10 Å². The number of rotatable bonds is 5. The van der Waals surface area contributed by atoms with Gasteiger partial charge in [-0.3, -0.25) is 4.90 Å². The lowest BCUT2D eigenvalue weighted by atomic mass is 10.2. The molecule has 1 aromatic heterocycles. The SMILES string of the molecule is Cc1cccc(N(C)c2nnc(CNC(C)C)o2)c1. The maximum Gasteiger partial charge on any atom is 0.322 e. The van der Waals surface area contributed by atoms with Crippen molar-refractivity contribution in [1.29, 1.82) is 0 Å². The van der Waals surface area contributed by atoms with Gasteiger partial charge < -0.3 is 9.73 Å². The quantitative estimate of drug-likeness (QED) is 0.895. The van der Waals surface area contributed by atoms with Crippen molar-refractivity contribution < 1.29 is 4.42 Å². The van der Waals surface area contributed by atoms with Crippen LogP contribution in [0.5, 0.6) is 0 Å². The lowest BCUT2D eigenvalue weighted by Crippen LogP contribution is -2.21. The number of benzene rings is 1. The minimum absolute atomic E-state index is 0.393. The van der Waals surface area contributed by atoms with Crippen LogP contribution in [0.15, 0.2) is 28.7 Å². The Morgan fingerprint density at radius 1 is 1.32 bits per heavy atom. The molecule has 0 bridgehead atoms. The average Bonchev–Trinajstić information content (AvgIpc) is 2.84. The van der Waals surface area contributed by atoms with Crippen LogP contribution in [0.25, 0.3) is 0 Å². The zero-order chi connectivity index (χ0) is 13.8. The predicted molar refractivity (Wildman–Crippen MR) is 75.5 cm³/mol. The van der Waals surface area contributed by atoms with Gasteiger partial charge in [-0.1, -0.05) is 31.1 Å². The predicted octanol–water partition coefficient (Wildman–Crippen LogP) is 2.64. The molecule has 1 N–H and O–H groups in total. The highest BCUT2D eigenvalue weighted by Gasteiger charge is 2.12. The fraction of sp³-hybridized carbons (Fsp3) is 0.429. The topological polar surface area (TPSA) is 54.2 Å². The third kappa shape index (κ3) is 3.54. The lowest BCUT2D eigenvalue weighted by molar-refractivity contribution is 0.454. The molecule has 1 aromatic carbocycles. The molecular formula is C14H20N4O. The van der Waals surface area contributed by atoms with Gasteiger partial charge >= 0.3 is 6.01 Å². The Bertz CT molecular complexity index is 536. The minimum Gasteiger partial charge on any atom is -0.406 e. The van der Waals surface area contributed by atoms with Gasteiger partial charge in [0.2, 0.25) is 5.89 Å². The van der Waals surface area contributed by atoms with E-state index in [4.69, 9.17) is 4.42 Å². The molecule has 0 radical (unpaired) electrons. The zero-order valence-corrected chi connectivity index (χ0v) is 11.8. The van der Waals surface area contributed by atoms with Crippen LogP contribution < -0.4 is 10.2 Å². The average molecular weight is 260 g/mol. The summed E-state index contributed by atoms with van der Waals surface area (Å²) in [7, 11) is 1.92. The summed E-state index contributed by atoms with van der Waals surface area (Å²) in [5.41, 5.74) is 2.23. The van der Waals surface area contributed by atoms with Crippen molar-refractivity contribution in [2.24, 2.45) is 0 Å². The molecule has 0 saturated carbocycles. The number of anilines is 2. The van der Waals surface area contributed by atoms with E-state index in [1.54, 1.807) is 0 Å². The second kappa shape index (κ2) is 5.84. The molecule has 0 aliphatic rings. The summed E-state index contributed by atoms with van der Waals surface area (Å²) in [6.07, 6.45) is 0. The van der Waals surface area contributed by atoms with Crippen LogP contribution in [0, 0.1) is 6.92 Å². The van der Waals surface area contributed by atoms with E-state index in [0.29, 0.717) is 24.5 Å². The summed E-state index contributed by atoms with van der Waals surface area (Å²) in [5.74, 6) is 0.600. The molecule has 0 fully saturated rings. The molecule has 1 heterocycles. The molecule has 2 aromatic rings. The molecule has 5 heteroatoms. The van der Waals surface area contributed by atoms with E-state index in [1.165, 1.54) is 5.56 Å². The van der Waals surface area contributed by atoms with Crippen molar-refractivity contribution in [3.05, 3.63) is 35.7 Å². The van der Waals surface area contributed by atoms with Crippen LogP contribution in [0.4, 0.5) is 11.7 Å². The van der Waals surface area contributed by atoms with Gasteiger partial charge in [0.15, 0.2) is 0 Å². The number of nitrogens with one attached hydrogen (secondary N) is 1. The molecule has 0 spiro atoms. The summed E-state index contributed by atoms with van der Waals surface area (Å²) < 4.78 is 5.63. The Morgan fingerprint density at radius 2 is 2.11 bits per heavy atom. The number of nitrogens with zero attached hydrogens (tertiary/aromatic N) is 3. The van der Waals surface area contributed by atoms with Crippen molar-refractivity contribution >= 4 is 11.7 Å². The van der Waals surface area contributed by atoms with E-state index in [2.05, 4.69) is 48.4 Å². The number of aromatic nitrogens is 2. The van der Waals surface area contributed by atoms with Crippen molar-refractivity contribution in [3.8, 4) is 0 Å². The van der Waals surface area contributed by atoms with E-state index >= 15 is 0 Å². The Balaban J connectivity index is 2.09. The highest BCUT2D eigenvalue weighted by Crippen LogP contribution is 2.22. The second-order valence-corrected chi connectivity index (χ2v) is 4.91. The van der Waals surface area contributed by atoms with Crippen molar-refractivity contribution in [3.63, 3.8) is 0 Å². The van der Waals surface area contributed by atoms with E-state index < -0.39 is 0 Å². The third-order valence-electron chi connectivity index (χ3n) is 2.79. The van der Waals surface area contributed by atoms with Crippen molar-refractivity contribution in [1.82, 2.24) is 15.5 Å². The first-order valence-electron chi connectivity index (χ1n) is 6.42. The van der Waals surface area contributed by atoms with E-state index in [1.807, 2.05) is 24.1 Å². The Kier molecular flexibility index (Phi) is 4.16. The Morgan fingerprint density at radius 3 is 2.79 bits per heavy atom. The lowest BCUT2D eigenvalue weighted by Gasteiger charge is -2.14. The summed E-state index contributed by atoms with van der Waals surface area (Å²) in [6, 6.07) is 9.07. The van der Waals surface area contributed by atoms with E-state index in [0.717, 1.165) is 5.69 Å². The van der Waals surface area contributed by atoms with Crippen molar-refractivity contribution in [2.75, 3.05) is 11.9 Å². The standard InChI is InChI=1S/C14H20N4O/c1-10(2)15-9-13-16-17-14(19-13)18(4)12-7-5-6-11(3)8-12/h5-8,10,15H,9H2,1-4H3. The molecule has 2 rings (SSSR count). The van der Waals surface area contributed by atoms with E-state index in [9.17, 15) is 0 Å². The van der Waals surface area contributed by atoms with Crippen LogP contribution in [-0.2, 0) is 6.54 Å². The monoisotopic (exact) mass is 260 g/mol.